The zero-order valence-corrected chi connectivity index (χ0v) is 15.7. The van der Waals surface area contributed by atoms with E-state index < -0.39 is 0 Å². The average molecular weight is 366 g/mol. The molecule has 140 valence electrons. The third kappa shape index (κ3) is 4.14. The maximum atomic E-state index is 12.9. The first-order valence-electron chi connectivity index (χ1n) is 8.74. The van der Waals surface area contributed by atoms with Crippen molar-refractivity contribution in [3.05, 3.63) is 70.6 Å². The number of para-hydroxylation sites is 2. The number of aryl methyl sites for hydroxylation is 1. The molecule has 3 aromatic rings. The summed E-state index contributed by atoms with van der Waals surface area (Å²) in [6, 6.07) is 12.3. The third-order valence-electron chi connectivity index (χ3n) is 3.83. The van der Waals surface area contributed by atoms with Crippen LogP contribution in [-0.2, 0) is 0 Å². The molecule has 0 N–H and O–H groups in total. The Morgan fingerprint density at radius 3 is 2.56 bits per heavy atom. The number of rotatable bonds is 7. The molecule has 2 aromatic carbocycles. The summed E-state index contributed by atoms with van der Waals surface area (Å²) in [5.41, 5.74) is 1.11. The van der Waals surface area contributed by atoms with Crippen molar-refractivity contribution in [2.45, 2.75) is 20.8 Å². The first-order valence-corrected chi connectivity index (χ1v) is 8.74. The van der Waals surface area contributed by atoms with Gasteiger partial charge in [-0.25, -0.2) is 0 Å². The Hall–Kier alpha value is -3.21. The normalized spacial score (nSPS) is 10.6. The van der Waals surface area contributed by atoms with Gasteiger partial charge in [-0.05, 0) is 50.6 Å². The summed E-state index contributed by atoms with van der Waals surface area (Å²) in [6.45, 7) is 10.2. The van der Waals surface area contributed by atoms with Crippen LogP contribution < -0.4 is 19.6 Å². The molecule has 0 aliphatic rings. The molecule has 0 saturated carbocycles. The van der Waals surface area contributed by atoms with Crippen LogP contribution in [-0.4, -0.2) is 13.2 Å². The van der Waals surface area contributed by atoms with Gasteiger partial charge < -0.3 is 18.6 Å². The Morgan fingerprint density at radius 1 is 1.11 bits per heavy atom. The molecule has 1 heterocycles. The molecule has 0 atom stereocenters. The molecule has 0 saturated heterocycles. The van der Waals surface area contributed by atoms with Gasteiger partial charge in [0.15, 0.2) is 11.5 Å². The van der Waals surface area contributed by atoms with E-state index in [0.717, 1.165) is 5.57 Å². The number of hydrogen-bond acceptors (Lipinski definition) is 5. The van der Waals surface area contributed by atoms with Gasteiger partial charge in [0.25, 0.3) is 0 Å². The first kappa shape index (κ1) is 18.6. The van der Waals surface area contributed by atoms with Crippen molar-refractivity contribution >= 4 is 11.0 Å². The van der Waals surface area contributed by atoms with Crippen molar-refractivity contribution in [3.63, 3.8) is 0 Å². The quantitative estimate of drug-likeness (QED) is 0.535. The maximum Gasteiger partial charge on any atom is 0.235 e. The van der Waals surface area contributed by atoms with Crippen molar-refractivity contribution in [2.24, 2.45) is 0 Å². The minimum atomic E-state index is -0.244. The van der Waals surface area contributed by atoms with Gasteiger partial charge in [0.1, 0.15) is 23.7 Å². The molecule has 3 rings (SSSR count). The Kier molecular flexibility index (Phi) is 5.50. The van der Waals surface area contributed by atoms with E-state index >= 15 is 0 Å². The fourth-order valence-corrected chi connectivity index (χ4v) is 2.60. The largest absolute Gasteiger partial charge is 0.490 e. The molecule has 27 heavy (non-hydrogen) atoms. The van der Waals surface area contributed by atoms with Crippen LogP contribution in [0.1, 0.15) is 19.6 Å². The molecule has 1 aromatic heterocycles. The number of ether oxygens (including phenoxy) is 3. The Bertz CT molecular complexity index is 1030. The molecule has 0 radical (unpaired) electrons. The summed E-state index contributed by atoms with van der Waals surface area (Å²) in [7, 11) is 0. The fourth-order valence-electron chi connectivity index (χ4n) is 2.60. The van der Waals surface area contributed by atoms with E-state index in [9.17, 15) is 4.79 Å². The zero-order chi connectivity index (χ0) is 19.4. The zero-order valence-electron chi connectivity index (χ0n) is 15.7. The second-order valence-electron chi connectivity index (χ2n) is 6.20. The lowest BCUT2D eigenvalue weighted by molar-refractivity contribution is 0.318. The molecule has 0 amide bonds. The van der Waals surface area contributed by atoms with Gasteiger partial charge in [-0.15, -0.1) is 0 Å². The predicted molar refractivity (Wildman–Crippen MR) is 105 cm³/mol. The van der Waals surface area contributed by atoms with Crippen molar-refractivity contribution in [2.75, 3.05) is 13.2 Å². The highest BCUT2D eigenvalue weighted by atomic mass is 16.5. The first-order chi connectivity index (χ1) is 13.0. The number of fused-ring (bicyclic) bond motifs is 1. The van der Waals surface area contributed by atoms with Crippen LogP contribution in [0.5, 0.6) is 23.0 Å². The van der Waals surface area contributed by atoms with Gasteiger partial charge in [0.05, 0.1) is 12.0 Å². The van der Waals surface area contributed by atoms with Gasteiger partial charge in [-0.2, -0.15) is 0 Å². The topological polar surface area (TPSA) is 57.9 Å². The van der Waals surface area contributed by atoms with E-state index in [1.54, 1.807) is 37.3 Å². The van der Waals surface area contributed by atoms with Crippen molar-refractivity contribution in [1.82, 2.24) is 0 Å². The lowest BCUT2D eigenvalue weighted by Gasteiger charge is -2.13. The molecular weight excluding hydrogens is 344 g/mol. The molecular formula is C22H22O5. The van der Waals surface area contributed by atoms with Crippen molar-refractivity contribution in [3.8, 4) is 23.0 Å². The molecule has 0 aliphatic heterocycles. The molecule has 0 unspecified atom stereocenters. The highest BCUT2D eigenvalue weighted by Crippen LogP contribution is 2.33. The van der Waals surface area contributed by atoms with Crippen molar-refractivity contribution in [1.29, 1.82) is 0 Å². The van der Waals surface area contributed by atoms with E-state index in [2.05, 4.69) is 6.58 Å². The summed E-state index contributed by atoms with van der Waals surface area (Å²) >= 11 is 0. The van der Waals surface area contributed by atoms with Crippen LogP contribution in [0.4, 0.5) is 0 Å². The summed E-state index contributed by atoms with van der Waals surface area (Å²) in [5, 5.41) is 0.423. The summed E-state index contributed by atoms with van der Waals surface area (Å²) in [5.74, 6) is 2.18. The maximum absolute atomic E-state index is 12.9. The van der Waals surface area contributed by atoms with E-state index in [1.807, 2.05) is 26.0 Å². The van der Waals surface area contributed by atoms with Crippen molar-refractivity contribution < 1.29 is 18.6 Å². The lowest BCUT2D eigenvalue weighted by atomic mass is 10.2. The smallest absolute Gasteiger partial charge is 0.235 e. The number of benzene rings is 2. The average Bonchev–Trinajstić information content (AvgIpc) is 2.64. The number of hydrogen-bond donors (Lipinski definition) is 0. The van der Waals surface area contributed by atoms with E-state index in [4.69, 9.17) is 18.6 Å². The second-order valence-corrected chi connectivity index (χ2v) is 6.20. The van der Waals surface area contributed by atoms with Gasteiger partial charge >= 0.3 is 0 Å². The molecule has 5 heteroatoms. The lowest BCUT2D eigenvalue weighted by Crippen LogP contribution is -2.08. The minimum Gasteiger partial charge on any atom is -0.490 e. The highest BCUT2D eigenvalue weighted by molar-refractivity contribution is 5.79. The Morgan fingerprint density at radius 2 is 1.85 bits per heavy atom. The SMILES string of the molecule is C=C(C)COc1ccc2c(=O)c(Oc3ccccc3OCC)c(C)oc2c1. The summed E-state index contributed by atoms with van der Waals surface area (Å²) < 4.78 is 22.9. The molecule has 0 bridgehead atoms. The fraction of sp³-hybridized carbons (Fsp3) is 0.227. The van der Waals surface area contributed by atoms with Crippen LogP contribution in [0.2, 0.25) is 0 Å². The molecule has 5 nitrogen and oxygen atoms in total. The standard InChI is InChI=1S/C22H22O5/c1-5-24-18-8-6-7-9-19(18)27-22-15(4)26-20-12-16(25-13-14(2)3)10-11-17(20)21(22)23/h6-12H,2,5,13H2,1,3-4H3. The monoisotopic (exact) mass is 366 g/mol. The summed E-state index contributed by atoms with van der Waals surface area (Å²) in [6.07, 6.45) is 0. The van der Waals surface area contributed by atoms with Crippen LogP contribution in [0.25, 0.3) is 11.0 Å². The van der Waals surface area contributed by atoms with E-state index in [-0.39, 0.29) is 11.2 Å². The van der Waals surface area contributed by atoms with Gasteiger partial charge in [-0.1, -0.05) is 18.7 Å². The van der Waals surface area contributed by atoms with Gasteiger partial charge in [-0.3, -0.25) is 4.79 Å². The van der Waals surface area contributed by atoms with Crippen LogP contribution in [0.3, 0.4) is 0 Å². The van der Waals surface area contributed by atoms with Crippen LogP contribution >= 0.6 is 0 Å². The second kappa shape index (κ2) is 7.99. The van der Waals surface area contributed by atoms with E-state index in [1.165, 1.54) is 0 Å². The third-order valence-corrected chi connectivity index (χ3v) is 3.83. The Balaban J connectivity index is 1.99. The molecule has 0 aliphatic carbocycles. The predicted octanol–water partition coefficient (Wildman–Crippen LogP) is 5.25. The van der Waals surface area contributed by atoms with E-state index in [0.29, 0.717) is 47.2 Å². The summed E-state index contributed by atoms with van der Waals surface area (Å²) in [4.78, 5) is 12.9. The highest BCUT2D eigenvalue weighted by Gasteiger charge is 2.16. The van der Waals surface area contributed by atoms with Crippen LogP contribution in [0, 0.1) is 6.92 Å². The van der Waals surface area contributed by atoms with Crippen LogP contribution in [0.15, 0.2) is 63.8 Å². The molecule has 0 spiro atoms. The minimum absolute atomic E-state index is 0.144. The molecule has 0 fully saturated rings. The Labute approximate surface area is 157 Å². The van der Waals surface area contributed by atoms with Gasteiger partial charge in [0, 0.05) is 6.07 Å². The van der Waals surface area contributed by atoms with Gasteiger partial charge in [0.2, 0.25) is 11.2 Å².